The van der Waals surface area contributed by atoms with Gasteiger partial charge < -0.3 is 10.6 Å². The van der Waals surface area contributed by atoms with E-state index >= 15 is 0 Å². The topological polar surface area (TPSA) is 58.2 Å². The van der Waals surface area contributed by atoms with Crippen LogP contribution in [0.1, 0.15) is 31.2 Å². The number of benzene rings is 2. The van der Waals surface area contributed by atoms with Crippen LogP contribution in [0.15, 0.2) is 36.4 Å². The lowest BCUT2D eigenvalue weighted by Crippen LogP contribution is -2.32. The fourth-order valence-electron chi connectivity index (χ4n) is 3.36. The van der Waals surface area contributed by atoms with Crippen LogP contribution in [0.3, 0.4) is 0 Å². The standard InChI is InChI=1S/C21H21F3N2O2/c1-12-2-8-15(9-3-12)25-20(27)13-4-6-14(7-5-13)21(28)26-17-11-10-16(22)18(23)19(17)24/h2-3,8-11,13-14H,4-7H2,1H3,(H,25,27)(H,26,28). The zero-order valence-electron chi connectivity index (χ0n) is 15.4. The number of aryl methyl sites for hydroxylation is 1. The smallest absolute Gasteiger partial charge is 0.227 e. The van der Waals surface area contributed by atoms with Crippen LogP contribution >= 0.6 is 0 Å². The molecule has 2 N–H and O–H groups in total. The molecule has 7 heteroatoms. The van der Waals surface area contributed by atoms with E-state index in [1.807, 2.05) is 31.2 Å². The van der Waals surface area contributed by atoms with E-state index in [-0.39, 0.29) is 17.5 Å². The second kappa shape index (κ2) is 8.46. The van der Waals surface area contributed by atoms with E-state index in [0.717, 1.165) is 23.4 Å². The molecule has 0 spiro atoms. The maximum atomic E-state index is 13.7. The van der Waals surface area contributed by atoms with Gasteiger partial charge in [-0.05, 0) is 56.9 Å². The largest absolute Gasteiger partial charge is 0.326 e. The summed E-state index contributed by atoms with van der Waals surface area (Å²) in [6.07, 6.45) is 1.97. The van der Waals surface area contributed by atoms with Gasteiger partial charge in [0.15, 0.2) is 17.5 Å². The van der Waals surface area contributed by atoms with Gasteiger partial charge in [-0.1, -0.05) is 17.7 Å². The molecule has 0 bridgehead atoms. The maximum Gasteiger partial charge on any atom is 0.227 e. The van der Waals surface area contributed by atoms with Crippen LogP contribution in [0, 0.1) is 36.2 Å². The number of hydrogen-bond acceptors (Lipinski definition) is 2. The van der Waals surface area contributed by atoms with Crippen molar-refractivity contribution in [3.05, 3.63) is 59.4 Å². The molecule has 1 saturated carbocycles. The van der Waals surface area contributed by atoms with E-state index in [2.05, 4.69) is 10.6 Å². The van der Waals surface area contributed by atoms with E-state index in [1.54, 1.807) is 0 Å². The lowest BCUT2D eigenvalue weighted by molar-refractivity contribution is -0.125. The zero-order valence-corrected chi connectivity index (χ0v) is 15.4. The van der Waals surface area contributed by atoms with Crippen molar-refractivity contribution in [2.45, 2.75) is 32.6 Å². The van der Waals surface area contributed by atoms with Crippen molar-refractivity contribution >= 4 is 23.2 Å². The summed E-state index contributed by atoms with van der Waals surface area (Å²) in [4.78, 5) is 24.7. The fourth-order valence-corrected chi connectivity index (χ4v) is 3.36. The second-order valence-electron chi connectivity index (χ2n) is 7.12. The number of amides is 2. The van der Waals surface area contributed by atoms with Gasteiger partial charge in [-0.25, -0.2) is 13.2 Å². The summed E-state index contributed by atoms with van der Waals surface area (Å²) in [5.41, 5.74) is 1.44. The highest BCUT2D eigenvalue weighted by Crippen LogP contribution is 2.31. The van der Waals surface area contributed by atoms with Gasteiger partial charge in [0.2, 0.25) is 11.8 Å². The molecule has 2 aromatic rings. The number of carbonyl (C=O) groups is 2. The van der Waals surface area contributed by atoms with Crippen molar-refractivity contribution in [2.75, 3.05) is 10.6 Å². The molecule has 0 saturated heterocycles. The highest BCUT2D eigenvalue weighted by Gasteiger charge is 2.30. The van der Waals surface area contributed by atoms with E-state index in [9.17, 15) is 22.8 Å². The molecule has 2 aromatic carbocycles. The molecule has 28 heavy (non-hydrogen) atoms. The predicted molar refractivity (Wildman–Crippen MR) is 100 cm³/mol. The van der Waals surface area contributed by atoms with Gasteiger partial charge in [-0.3, -0.25) is 9.59 Å². The van der Waals surface area contributed by atoms with Crippen molar-refractivity contribution in [1.82, 2.24) is 0 Å². The summed E-state index contributed by atoms with van der Waals surface area (Å²) in [6, 6.07) is 9.25. The summed E-state index contributed by atoms with van der Waals surface area (Å²) in [5.74, 6) is -5.50. The third-order valence-electron chi connectivity index (χ3n) is 5.08. The Morgan fingerprint density at radius 2 is 1.32 bits per heavy atom. The van der Waals surface area contributed by atoms with E-state index in [1.165, 1.54) is 0 Å². The molecular weight excluding hydrogens is 369 g/mol. The van der Waals surface area contributed by atoms with Crippen LogP contribution in [-0.2, 0) is 9.59 Å². The minimum Gasteiger partial charge on any atom is -0.326 e. The Balaban J connectivity index is 1.53. The summed E-state index contributed by atoms with van der Waals surface area (Å²) < 4.78 is 40.0. The summed E-state index contributed by atoms with van der Waals surface area (Å²) in [7, 11) is 0. The van der Waals surface area contributed by atoms with Gasteiger partial charge in [-0.15, -0.1) is 0 Å². The zero-order chi connectivity index (χ0) is 20.3. The highest BCUT2D eigenvalue weighted by molar-refractivity contribution is 5.94. The summed E-state index contributed by atoms with van der Waals surface area (Å²) in [6.45, 7) is 1.96. The minimum absolute atomic E-state index is 0.0886. The molecule has 4 nitrogen and oxygen atoms in total. The van der Waals surface area contributed by atoms with Crippen LogP contribution in [-0.4, -0.2) is 11.8 Å². The van der Waals surface area contributed by atoms with Crippen molar-refractivity contribution in [3.63, 3.8) is 0 Å². The number of nitrogens with one attached hydrogen (secondary N) is 2. The molecule has 0 radical (unpaired) electrons. The molecule has 0 heterocycles. The van der Waals surface area contributed by atoms with Crippen LogP contribution in [0.4, 0.5) is 24.5 Å². The number of halogens is 3. The Hall–Kier alpha value is -2.83. The molecule has 1 fully saturated rings. The monoisotopic (exact) mass is 390 g/mol. The first-order chi connectivity index (χ1) is 13.3. The first-order valence-electron chi connectivity index (χ1n) is 9.17. The average molecular weight is 390 g/mol. The van der Waals surface area contributed by atoms with Crippen molar-refractivity contribution in [3.8, 4) is 0 Å². The summed E-state index contributed by atoms with van der Waals surface area (Å²) in [5, 5.41) is 5.19. The van der Waals surface area contributed by atoms with Gasteiger partial charge in [-0.2, -0.15) is 0 Å². The molecule has 0 aromatic heterocycles. The quantitative estimate of drug-likeness (QED) is 0.737. The highest BCUT2D eigenvalue weighted by atomic mass is 19.2. The van der Waals surface area contributed by atoms with Crippen LogP contribution in [0.2, 0.25) is 0 Å². The van der Waals surface area contributed by atoms with Crippen molar-refractivity contribution in [1.29, 1.82) is 0 Å². The lowest BCUT2D eigenvalue weighted by Gasteiger charge is -2.27. The van der Waals surface area contributed by atoms with Crippen LogP contribution in [0.5, 0.6) is 0 Å². The first-order valence-corrected chi connectivity index (χ1v) is 9.17. The normalized spacial score (nSPS) is 19.1. The molecule has 0 atom stereocenters. The minimum atomic E-state index is -1.62. The molecule has 1 aliphatic rings. The van der Waals surface area contributed by atoms with Crippen molar-refractivity contribution < 1.29 is 22.8 Å². The van der Waals surface area contributed by atoms with Gasteiger partial charge in [0.05, 0.1) is 5.69 Å². The molecule has 0 unspecified atom stereocenters. The average Bonchev–Trinajstić information content (AvgIpc) is 2.70. The van der Waals surface area contributed by atoms with Crippen molar-refractivity contribution in [2.24, 2.45) is 11.8 Å². The molecule has 1 aliphatic carbocycles. The Kier molecular flexibility index (Phi) is 6.02. The Morgan fingerprint density at radius 1 is 0.786 bits per heavy atom. The number of hydrogen-bond donors (Lipinski definition) is 2. The number of rotatable bonds is 4. The van der Waals surface area contributed by atoms with E-state index < -0.39 is 29.3 Å². The van der Waals surface area contributed by atoms with Crippen LogP contribution in [0.25, 0.3) is 0 Å². The van der Waals surface area contributed by atoms with E-state index in [0.29, 0.717) is 25.7 Å². The lowest BCUT2D eigenvalue weighted by atomic mass is 9.81. The van der Waals surface area contributed by atoms with Crippen LogP contribution < -0.4 is 10.6 Å². The molecule has 0 aliphatic heterocycles. The summed E-state index contributed by atoms with van der Waals surface area (Å²) >= 11 is 0. The fraction of sp³-hybridized carbons (Fsp3) is 0.333. The predicted octanol–water partition coefficient (Wildman–Crippen LogP) is 4.80. The SMILES string of the molecule is Cc1ccc(NC(=O)C2CCC(C(=O)Nc3ccc(F)c(F)c3F)CC2)cc1. The van der Waals surface area contributed by atoms with Gasteiger partial charge >= 0.3 is 0 Å². The van der Waals surface area contributed by atoms with E-state index in [4.69, 9.17) is 0 Å². The first kappa shape index (κ1) is 19.9. The molecule has 2 amide bonds. The third-order valence-corrected chi connectivity index (χ3v) is 5.08. The maximum absolute atomic E-state index is 13.7. The number of anilines is 2. The Morgan fingerprint density at radius 3 is 1.89 bits per heavy atom. The Labute approximate surface area is 161 Å². The van der Waals surface area contributed by atoms with Gasteiger partial charge in [0, 0.05) is 17.5 Å². The molecule has 3 rings (SSSR count). The molecular formula is C21H21F3N2O2. The number of carbonyl (C=O) groups excluding carboxylic acids is 2. The molecule has 148 valence electrons. The Bertz CT molecular complexity index is 876. The van der Waals surface area contributed by atoms with Gasteiger partial charge in [0.1, 0.15) is 0 Å². The second-order valence-corrected chi connectivity index (χ2v) is 7.12. The third kappa shape index (κ3) is 4.52. The van der Waals surface area contributed by atoms with Gasteiger partial charge in [0.25, 0.3) is 0 Å².